The fourth-order valence-corrected chi connectivity index (χ4v) is 0.368. The second kappa shape index (κ2) is 5.54. The smallest absolute Gasteiger partial charge is 0.434 e. The molecule has 0 rings (SSSR count). The first-order chi connectivity index (χ1) is 5.16. The summed E-state index contributed by atoms with van der Waals surface area (Å²) in [7, 11) is 0. The molecule has 0 saturated heterocycles. The normalized spacial score (nSPS) is 8.91. The zero-order valence-corrected chi connectivity index (χ0v) is 6.66. The zero-order valence-electron chi connectivity index (χ0n) is 6.66. The summed E-state index contributed by atoms with van der Waals surface area (Å²) in [5.74, 6) is 0.282. The van der Waals surface area contributed by atoms with E-state index in [-0.39, 0.29) is 12.5 Å². The molecule has 0 heterocycles. The minimum absolute atomic E-state index is 0.253. The van der Waals surface area contributed by atoms with E-state index in [2.05, 4.69) is 9.47 Å². The van der Waals surface area contributed by atoms with Gasteiger partial charge in [0.25, 0.3) is 0 Å². The maximum atomic E-state index is 10.5. The van der Waals surface area contributed by atoms with Crippen LogP contribution in [0.2, 0.25) is 0 Å². The second-order valence-electron chi connectivity index (χ2n) is 2.40. The van der Waals surface area contributed by atoms with E-state index < -0.39 is 6.16 Å². The summed E-state index contributed by atoms with van der Waals surface area (Å²) in [4.78, 5) is 10.5. The Labute approximate surface area is 65.7 Å². The van der Waals surface area contributed by atoms with Gasteiger partial charge in [0.05, 0.1) is 6.61 Å². The highest BCUT2D eigenvalue weighted by molar-refractivity contribution is 5.59. The van der Waals surface area contributed by atoms with Crippen LogP contribution in [0.3, 0.4) is 0 Å². The van der Waals surface area contributed by atoms with E-state index in [1.807, 2.05) is 13.8 Å². The molecular weight excluding hydrogens is 146 g/mol. The number of carbonyl (C=O) groups excluding carboxylic acids is 1. The molecule has 0 radical (unpaired) electrons. The van der Waals surface area contributed by atoms with Crippen molar-refractivity contribution in [1.82, 2.24) is 0 Å². The van der Waals surface area contributed by atoms with Crippen LogP contribution in [0.15, 0.2) is 0 Å². The van der Waals surface area contributed by atoms with Crippen molar-refractivity contribution in [2.45, 2.75) is 13.8 Å². The highest BCUT2D eigenvalue weighted by Crippen LogP contribution is 1.94. The topological polar surface area (TPSA) is 59.3 Å². The molecule has 0 aliphatic carbocycles. The van der Waals surface area contributed by atoms with Gasteiger partial charge in [-0.2, -0.15) is 5.26 Å². The predicted molar refractivity (Wildman–Crippen MR) is 37.8 cm³/mol. The van der Waals surface area contributed by atoms with Crippen molar-refractivity contribution in [3.63, 3.8) is 0 Å². The Kier molecular flexibility index (Phi) is 4.91. The maximum absolute atomic E-state index is 10.5. The Morgan fingerprint density at radius 3 is 2.64 bits per heavy atom. The van der Waals surface area contributed by atoms with Crippen molar-refractivity contribution in [3.8, 4) is 6.07 Å². The van der Waals surface area contributed by atoms with Gasteiger partial charge >= 0.3 is 6.16 Å². The molecule has 0 atom stereocenters. The fraction of sp³-hybridized carbons (Fsp3) is 0.714. The third-order valence-electron chi connectivity index (χ3n) is 0.789. The summed E-state index contributed by atoms with van der Waals surface area (Å²) in [5.41, 5.74) is 0. The van der Waals surface area contributed by atoms with Gasteiger partial charge in [0.15, 0.2) is 6.61 Å². The van der Waals surface area contributed by atoms with E-state index in [1.54, 1.807) is 6.07 Å². The Hall–Kier alpha value is -1.24. The van der Waals surface area contributed by atoms with Gasteiger partial charge < -0.3 is 9.47 Å². The molecule has 0 aromatic heterocycles. The van der Waals surface area contributed by atoms with Gasteiger partial charge in [-0.25, -0.2) is 4.79 Å². The molecule has 0 saturated carbocycles. The van der Waals surface area contributed by atoms with E-state index in [0.29, 0.717) is 6.61 Å². The van der Waals surface area contributed by atoms with Crippen molar-refractivity contribution < 1.29 is 14.3 Å². The number of ether oxygens (including phenoxy) is 2. The number of hydrogen-bond donors (Lipinski definition) is 0. The Morgan fingerprint density at radius 2 is 2.18 bits per heavy atom. The largest absolute Gasteiger partial charge is 0.509 e. The van der Waals surface area contributed by atoms with Crippen molar-refractivity contribution >= 4 is 6.16 Å². The van der Waals surface area contributed by atoms with Crippen molar-refractivity contribution in [2.24, 2.45) is 5.92 Å². The SMILES string of the molecule is CC(C)COC(=O)OCC#N. The number of rotatable bonds is 3. The first-order valence-electron chi connectivity index (χ1n) is 3.33. The van der Waals surface area contributed by atoms with E-state index in [0.717, 1.165) is 0 Å². The van der Waals surface area contributed by atoms with E-state index in [1.165, 1.54) is 0 Å². The molecule has 0 unspecified atom stereocenters. The predicted octanol–water partition coefficient (Wildman–Crippen LogP) is 1.32. The molecule has 0 aliphatic rings. The average molecular weight is 157 g/mol. The average Bonchev–Trinajstić information content (AvgIpc) is 1.97. The number of nitrogens with zero attached hydrogens (tertiary/aromatic N) is 1. The van der Waals surface area contributed by atoms with Gasteiger partial charge in [-0.1, -0.05) is 13.8 Å². The lowest BCUT2D eigenvalue weighted by molar-refractivity contribution is 0.0559. The van der Waals surface area contributed by atoms with Crippen LogP contribution in [0.1, 0.15) is 13.8 Å². The minimum Gasteiger partial charge on any atom is -0.434 e. The van der Waals surface area contributed by atoms with Gasteiger partial charge in [-0.3, -0.25) is 0 Å². The summed E-state index contributed by atoms with van der Waals surface area (Å²) < 4.78 is 8.91. The van der Waals surface area contributed by atoms with Gasteiger partial charge in [0.2, 0.25) is 0 Å². The van der Waals surface area contributed by atoms with Crippen molar-refractivity contribution in [1.29, 1.82) is 5.26 Å². The second-order valence-corrected chi connectivity index (χ2v) is 2.40. The standard InChI is InChI=1S/C7H11NO3/c1-6(2)5-11-7(9)10-4-3-8/h6H,4-5H2,1-2H3. The van der Waals surface area contributed by atoms with Gasteiger partial charge in [0, 0.05) is 0 Å². The highest BCUT2D eigenvalue weighted by Gasteiger charge is 2.03. The van der Waals surface area contributed by atoms with E-state index in [9.17, 15) is 4.79 Å². The summed E-state index contributed by atoms with van der Waals surface area (Å²) in [5, 5.41) is 8.01. The van der Waals surface area contributed by atoms with E-state index in [4.69, 9.17) is 5.26 Å². The third-order valence-corrected chi connectivity index (χ3v) is 0.789. The van der Waals surface area contributed by atoms with Crippen molar-refractivity contribution in [3.05, 3.63) is 0 Å². The molecule has 0 bridgehead atoms. The summed E-state index contributed by atoms with van der Waals surface area (Å²) in [6.07, 6.45) is -0.778. The van der Waals surface area contributed by atoms with Crippen LogP contribution in [0.4, 0.5) is 4.79 Å². The Balaban J connectivity index is 3.32. The number of hydrogen-bond acceptors (Lipinski definition) is 4. The van der Waals surface area contributed by atoms with Crippen LogP contribution in [0, 0.1) is 17.2 Å². The van der Waals surface area contributed by atoms with Crippen LogP contribution < -0.4 is 0 Å². The molecule has 0 spiro atoms. The van der Waals surface area contributed by atoms with Gasteiger partial charge in [0.1, 0.15) is 6.07 Å². The molecule has 0 aliphatic heterocycles. The molecule has 62 valence electrons. The first-order valence-corrected chi connectivity index (χ1v) is 3.33. The van der Waals surface area contributed by atoms with Gasteiger partial charge in [-0.15, -0.1) is 0 Å². The maximum Gasteiger partial charge on any atom is 0.509 e. The van der Waals surface area contributed by atoms with Crippen LogP contribution in [0.5, 0.6) is 0 Å². The van der Waals surface area contributed by atoms with Gasteiger partial charge in [-0.05, 0) is 5.92 Å². The Morgan fingerprint density at radius 1 is 1.55 bits per heavy atom. The fourth-order valence-electron chi connectivity index (χ4n) is 0.368. The molecule has 4 nitrogen and oxygen atoms in total. The molecular formula is C7H11NO3. The highest BCUT2D eigenvalue weighted by atomic mass is 16.7. The zero-order chi connectivity index (χ0) is 8.69. The Bertz CT molecular complexity index is 160. The molecule has 0 amide bonds. The monoisotopic (exact) mass is 157 g/mol. The van der Waals surface area contributed by atoms with Crippen LogP contribution in [0.25, 0.3) is 0 Å². The third kappa shape index (κ3) is 6.65. The lowest BCUT2D eigenvalue weighted by Crippen LogP contribution is -2.11. The molecule has 0 aromatic carbocycles. The lowest BCUT2D eigenvalue weighted by Gasteiger charge is -2.04. The lowest BCUT2D eigenvalue weighted by atomic mass is 10.2. The minimum atomic E-state index is -0.778. The van der Waals surface area contributed by atoms with Crippen LogP contribution in [-0.4, -0.2) is 19.4 Å². The molecule has 0 N–H and O–H groups in total. The molecule has 0 fully saturated rings. The van der Waals surface area contributed by atoms with Crippen LogP contribution >= 0.6 is 0 Å². The van der Waals surface area contributed by atoms with Crippen LogP contribution in [-0.2, 0) is 9.47 Å². The van der Waals surface area contributed by atoms with E-state index >= 15 is 0 Å². The molecule has 0 aromatic rings. The quantitative estimate of drug-likeness (QED) is 0.579. The number of carbonyl (C=O) groups is 1. The molecule has 4 heteroatoms. The summed E-state index contributed by atoms with van der Waals surface area (Å²) >= 11 is 0. The molecule has 11 heavy (non-hydrogen) atoms. The first kappa shape index (κ1) is 9.76. The van der Waals surface area contributed by atoms with Crippen molar-refractivity contribution in [2.75, 3.05) is 13.2 Å². The summed E-state index contributed by atoms with van der Waals surface area (Å²) in [6.45, 7) is 3.90. The summed E-state index contributed by atoms with van der Waals surface area (Å²) in [6, 6.07) is 1.66. The number of nitriles is 1.